The lowest BCUT2D eigenvalue weighted by Gasteiger charge is -2.32. The fourth-order valence-electron chi connectivity index (χ4n) is 2.57. The molecule has 1 saturated heterocycles. The maximum absolute atomic E-state index is 11.2. The van der Waals surface area contributed by atoms with Crippen LogP contribution in [0.15, 0.2) is 24.3 Å². The number of para-hydroxylation sites is 2. The lowest BCUT2D eigenvalue weighted by atomic mass is 10.0. The van der Waals surface area contributed by atoms with E-state index in [-0.39, 0.29) is 22.4 Å². The first-order chi connectivity index (χ1) is 10.3. The third-order valence-corrected chi connectivity index (χ3v) is 4.75. The molecule has 122 valence electrons. The molecule has 0 amide bonds. The average Bonchev–Trinajstić information content (AvgIpc) is 2.46. The molecule has 1 aliphatic rings. The number of sulfone groups is 1. The molecule has 1 heterocycles. The number of hydrogen-bond acceptors (Lipinski definition) is 6. The van der Waals surface area contributed by atoms with Crippen LogP contribution in [0, 0.1) is 10.1 Å². The fraction of sp³-hybridized carbons (Fsp3) is 0.571. The highest BCUT2D eigenvalue weighted by Crippen LogP contribution is 2.26. The second kappa shape index (κ2) is 7.06. The second-order valence-electron chi connectivity index (χ2n) is 5.66. The van der Waals surface area contributed by atoms with Gasteiger partial charge >= 0.3 is 0 Å². The van der Waals surface area contributed by atoms with Crippen LogP contribution in [0.1, 0.15) is 12.8 Å². The van der Waals surface area contributed by atoms with E-state index in [2.05, 4.69) is 10.2 Å². The van der Waals surface area contributed by atoms with Crippen molar-refractivity contribution in [3.63, 3.8) is 0 Å². The van der Waals surface area contributed by atoms with Gasteiger partial charge in [-0.3, -0.25) is 10.1 Å². The molecule has 0 unspecified atom stereocenters. The minimum Gasteiger partial charge on any atom is -0.377 e. The SMILES string of the molecule is CS(=O)(=O)CCN1CCC(Nc2ccccc2[N+](=O)[O-])CC1. The van der Waals surface area contributed by atoms with Gasteiger partial charge in [-0.25, -0.2) is 8.42 Å². The molecule has 0 atom stereocenters. The first kappa shape index (κ1) is 16.7. The van der Waals surface area contributed by atoms with Gasteiger partial charge in [0.1, 0.15) is 15.5 Å². The van der Waals surface area contributed by atoms with E-state index in [4.69, 9.17) is 0 Å². The Labute approximate surface area is 130 Å². The summed E-state index contributed by atoms with van der Waals surface area (Å²) in [6.45, 7) is 2.15. The lowest BCUT2D eigenvalue weighted by Crippen LogP contribution is -2.41. The van der Waals surface area contributed by atoms with E-state index in [0.717, 1.165) is 25.9 Å². The van der Waals surface area contributed by atoms with Gasteiger partial charge in [0.05, 0.1) is 10.7 Å². The van der Waals surface area contributed by atoms with Crippen LogP contribution in [0.3, 0.4) is 0 Å². The van der Waals surface area contributed by atoms with Gasteiger partial charge in [0.2, 0.25) is 0 Å². The number of hydrogen-bond donors (Lipinski definition) is 1. The van der Waals surface area contributed by atoms with E-state index < -0.39 is 9.84 Å². The van der Waals surface area contributed by atoms with Crippen molar-refractivity contribution in [3.8, 4) is 0 Å². The Bertz CT molecular complexity index is 625. The predicted molar refractivity (Wildman–Crippen MR) is 85.9 cm³/mol. The van der Waals surface area contributed by atoms with Gasteiger partial charge in [-0.05, 0) is 18.9 Å². The topological polar surface area (TPSA) is 92.6 Å². The van der Waals surface area contributed by atoms with Crippen LogP contribution in [0.25, 0.3) is 0 Å². The Morgan fingerprint density at radius 2 is 1.95 bits per heavy atom. The van der Waals surface area contributed by atoms with E-state index in [1.165, 1.54) is 12.3 Å². The highest BCUT2D eigenvalue weighted by molar-refractivity contribution is 7.90. The Kier molecular flexibility index (Phi) is 5.36. The van der Waals surface area contributed by atoms with Crippen molar-refractivity contribution >= 4 is 21.2 Å². The summed E-state index contributed by atoms with van der Waals surface area (Å²) in [7, 11) is -2.93. The van der Waals surface area contributed by atoms with Gasteiger partial charge in [-0.2, -0.15) is 0 Å². The maximum atomic E-state index is 11.2. The largest absolute Gasteiger partial charge is 0.377 e. The molecule has 0 aliphatic carbocycles. The summed E-state index contributed by atoms with van der Waals surface area (Å²) in [5, 5.41) is 14.2. The lowest BCUT2D eigenvalue weighted by molar-refractivity contribution is -0.384. The number of likely N-dealkylation sites (tertiary alicyclic amines) is 1. The minimum atomic E-state index is -2.93. The van der Waals surface area contributed by atoms with Gasteiger partial charge in [-0.15, -0.1) is 0 Å². The first-order valence-corrected chi connectivity index (χ1v) is 9.31. The summed E-state index contributed by atoms with van der Waals surface area (Å²) in [5.74, 6) is 0.176. The molecule has 0 radical (unpaired) electrons. The zero-order valence-corrected chi connectivity index (χ0v) is 13.4. The molecule has 2 rings (SSSR count). The fourth-order valence-corrected chi connectivity index (χ4v) is 3.16. The molecule has 1 aromatic rings. The number of nitrogens with zero attached hydrogens (tertiary/aromatic N) is 2. The quantitative estimate of drug-likeness (QED) is 0.629. The van der Waals surface area contributed by atoms with Crippen molar-refractivity contribution in [2.75, 3.05) is 37.0 Å². The van der Waals surface area contributed by atoms with Crippen molar-refractivity contribution in [1.29, 1.82) is 0 Å². The number of benzene rings is 1. The molecule has 0 aromatic heterocycles. The Balaban J connectivity index is 1.87. The van der Waals surface area contributed by atoms with Gasteiger partial charge < -0.3 is 10.2 Å². The van der Waals surface area contributed by atoms with Crippen molar-refractivity contribution in [1.82, 2.24) is 4.90 Å². The smallest absolute Gasteiger partial charge is 0.292 e. The summed E-state index contributed by atoms with van der Waals surface area (Å²) in [6, 6.07) is 6.81. The highest BCUT2D eigenvalue weighted by atomic mass is 32.2. The van der Waals surface area contributed by atoms with E-state index >= 15 is 0 Å². The number of rotatable bonds is 6. The zero-order valence-electron chi connectivity index (χ0n) is 12.6. The number of nitro groups is 1. The van der Waals surface area contributed by atoms with Crippen LogP contribution in [0.5, 0.6) is 0 Å². The van der Waals surface area contributed by atoms with E-state index in [1.807, 2.05) is 0 Å². The molecule has 0 spiro atoms. The van der Waals surface area contributed by atoms with Gasteiger partial charge in [0, 0.05) is 38.0 Å². The second-order valence-corrected chi connectivity index (χ2v) is 7.92. The Morgan fingerprint density at radius 3 is 2.55 bits per heavy atom. The molecular formula is C14H21N3O4S. The van der Waals surface area contributed by atoms with Gasteiger partial charge in [-0.1, -0.05) is 12.1 Å². The summed E-state index contributed by atoms with van der Waals surface area (Å²) in [6.07, 6.45) is 2.93. The Hall–Kier alpha value is -1.67. The maximum Gasteiger partial charge on any atom is 0.292 e. The van der Waals surface area contributed by atoms with Gasteiger partial charge in [0.15, 0.2) is 0 Å². The van der Waals surface area contributed by atoms with Crippen molar-refractivity contribution in [2.45, 2.75) is 18.9 Å². The van der Waals surface area contributed by atoms with Crippen molar-refractivity contribution < 1.29 is 13.3 Å². The third-order valence-electron chi connectivity index (χ3n) is 3.83. The normalized spacial score (nSPS) is 17.3. The molecular weight excluding hydrogens is 306 g/mol. The van der Waals surface area contributed by atoms with Crippen LogP contribution in [0.2, 0.25) is 0 Å². The highest BCUT2D eigenvalue weighted by Gasteiger charge is 2.22. The van der Waals surface area contributed by atoms with E-state index in [9.17, 15) is 18.5 Å². The predicted octanol–water partition coefficient (Wildman–Crippen LogP) is 1.52. The van der Waals surface area contributed by atoms with Crippen LogP contribution in [-0.2, 0) is 9.84 Å². The summed E-state index contributed by atoms with van der Waals surface area (Å²) in [5.41, 5.74) is 0.629. The molecule has 1 fully saturated rings. The molecule has 0 saturated carbocycles. The molecule has 22 heavy (non-hydrogen) atoms. The summed E-state index contributed by atoms with van der Waals surface area (Å²) >= 11 is 0. The average molecular weight is 327 g/mol. The molecule has 1 N–H and O–H groups in total. The standard InChI is InChI=1S/C14H21N3O4S/c1-22(20,21)11-10-16-8-6-12(7-9-16)15-13-4-2-3-5-14(13)17(18)19/h2-5,12,15H,6-11H2,1H3. The van der Waals surface area contributed by atoms with Crippen LogP contribution < -0.4 is 5.32 Å². The molecule has 0 bridgehead atoms. The monoisotopic (exact) mass is 327 g/mol. The number of piperidine rings is 1. The van der Waals surface area contributed by atoms with Crippen LogP contribution in [0.4, 0.5) is 11.4 Å². The number of nitrogens with one attached hydrogen (secondary N) is 1. The first-order valence-electron chi connectivity index (χ1n) is 7.25. The Morgan fingerprint density at radius 1 is 1.32 bits per heavy atom. The van der Waals surface area contributed by atoms with Gasteiger partial charge in [0.25, 0.3) is 5.69 Å². The number of anilines is 1. The minimum absolute atomic E-state index is 0.0852. The molecule has 8 heteroatoms. The number of nitro benzene ring substituents is 1. The van der Waals surface area contributed by atoms with E-state index in [0.29, 0.717) is 12.2 Å². The molecule has 1 aliphatic heterocycles. The van der Waals surface area contributed by atoms with Crippen molar-refractivity contribution in [3.05, 3.63) is 34.4 Å². The molecule has 7 nitrogen and oxygen atoms in total. The summed E-state index contributed by atoms with van der Waals surface area (Å²) in [4.78, 5) is 12.7. The van der Waals surface area contributed by atoms with Crippen LogP contribution in [-0.4, -0.2) is 55.9 Å². The third kappa shape index (κ3) is 4.96. The summed E-state index contributed by atoms with van der Waals surface area (Å²) < 4.78 is 22.4. The molecule has 1 aromatic carbocycles. The zero-order chi connectivity index (χ0) is 16.2. The van der Waals surface area contributed by atoms with Crippen LogP contribution >= 0.6 is 0 Å². The van der Waals surface area contributed by atoms with Crippen molar-refractivity contribution in [2.24, 2.45) is 0 Å². The van der Waals surface area contributed by atoms with E-state index in [1.54, 1.807) is 18.2 Å².